The Kier molecular flexibility index (Phi) is 4.58. The summed E-state index contributed by atoms with van der Waals surface area (Å²) >= 11 is 0. The van der Waals surface area contributed by atoms with Crippen molar-refractivity contribution in [1.29, 1.82) is 0 Å². The molecule has 0 fully saturated rings. The second-order valence-electron chi connectivity index (χ2n) is 6.11. The highest BCUT2D eigenvalue weighted by molar-refractivity contribution is 5.91. The van der Waals surface area contributed by atoms with Crippen LogP contribution in [-0.4, -0.2) is 45.9 Å². The lowest BCUT2D eigenvalue weighted by atomic mass is 10.3. The molecule has 10 nitrogen and oxygen atoms in total. The molecule has 0 saturated carbocycles. The van der Waals surface area contributed by atoms with Crippen molar-refractivity contribution in [2.24, 2.45) is 0 Å². The van der Waals surface area contributed by atoms with Gasteiger partial charge in [0.1, 0.15) is 5.69 Å². The molecule has 0 radical (unpaired) electrons. The highest BCUT2D eigenvalue weighted by atomic mass is 16.2. The first-order valence-corrected chi connectivity index (χ1v) is 8.57. The minimum atomic E-state index is -0.330. The van der Waals surface area contributed by atoms with Gasteiger partial charge in [0.15, 0.2) is 5.69 Å². The normalized spacial score (nSPS) is 10.8. The summed E-state index contributed by atoms with van der Waals surface area (Å²) < 4.78 is 1.54. The van der Waals surface area contributed by atoms with Gasteiger partial charge in [0.25, 0.3) is 5.91 Å². The lowest BCUT2D eigenvalue weighted by molar-refractivity contribution is 0.0945. The van der Waals surface area contributed by atoms with E-state index in [4.69, 9.17) is 0 Å². The lowest BCUT2D eigenvalue weighted by Gasteiger charge is -2.05. The van der Waals surface area contributed by atoms with Crippen LogP contribution in [0.1, 0.15) is 27.6 Å². The van der Waals surface area contributed by atoms with E-state index in [-0.39, 0.29) is 18.1 Å². The number of hydrogen-bond acceptors (Lipinski definition) is 7. The Morgan fingerprint density at radius 2 is 1.93 bits per heavy atom. The third kappa shape index (κ3) is 3.61. The smallest absolute Gasteiger partial charge is 0.273 e. The van der Waals surface area contributed by atoms with Crippen molar-refractivity contribution in [3.63, 3.8) is 0 Å². The van der Waals surface area contributed by atoms with E-state index in [2.05, 4.69) is 35.8 Å². The molecular formula is C18H17N9O. The molecule has 1 amide bonds. The first kappa shape index (κ1) is 17.5. The van der Waals surface area contributed by atoms with E-state index in [9.17, 15) is 4.79 Å². The van der Waals surface area contributed by atoms with Crippen LogP contribution < -0.4 is 5.32 Å². The fourth-order valence-electron chi connectivity index (χ4n) is 2.66. The Morgan fingerprint density at radius 3 is 2.64 bits per heavy atom. The average molecular weight is 375 g/mol. The van der Waals surface area contributed by atoms with E-state index in [1.54, 1.807) is 35.5 Å². The van der Waals surface area contributed by atoms with Gasteiger partial charge in [-0.15, -0.1) is 5.10 Å². The molecule has 0 bridgehead atoms. The highest BCUT2D eigenvalue weighted by Crippen LogP contribution is 2.12. The number of nitrogens with zero attached hydrogens (tertiary/aromatic N) is 8. The Balaban J connectivity index is 1.41. The molecule has 0 aliphatic rings. The second-order valence-corrected chi connectivity index (χ2v) is 6.11. The number of rotatable bonds is 5. The number of pyridine rings is 2. The molecular weight excluding hydrogens is 358 g/mol. The zero-order valence-corrected chi connectivity index (χ0v) is 15.3. The van der Waals surface area contributed by atoms with E-state index in [1.807, 2.05) is 32.0 Å². The van der Waals surface area contributed by atoms with Crippen LogP contribution in [0.2, 0.25) is 0 Å². The van der Waals surface area contributed by atoms with Gasteiger partial charge in [-0.1, -0.05) is 5.21 Å². The summed E-state index contributed by atoms with van der Waals surface area (Å²) in [5.41, 5.74) is 4.17. The molecule has 140 valence electrons. The first-order chi connectivity index (χ1) is 13.6. The molecule has 4 heterocycles. The van der Waals surface area contributed by atoms with Gasteiger partial charge in [0.2, 0.25) is 0 Å². The fourth-order valence-corrected chi connectivity index (χ4v) is 2.66. The minimum absolute atomic E-state index is 0.220. The van der Waals surface area contributed by atoms with Crippen molar-refractivity contribution in [2.75, 3.05) is 0 Å². The number of amides is 1. The molecule has 0 aromatic carbocycles. The van der Waals surface area contributed by atoms with Crippen LogP contribution in [0.3, 0.4) is 0 Å². The van der Waals surface area contributed by atoms with Crippen LogP contribution in [0.4, 0.5) is 0 Å². The molecule has 4 aromatic heterocycles. The van der Waals surface area contributed by atoms with Crippen molar-refractivity contribution in [3.8, 4) is 11.4 Å². The van der Waals surface area contributed by atoms with Crippen molar-refractivity contribution in [3.05, 3.63) is 71.8 Å². The van der Waals surface area contributed by atoms with Crippen LogP contribution in [0.25, 0.3) is 11.4 Å². The minimum Gasteiger partial charge on any atom is -0.345 e. The molecule has 0 spiro atoms. The first-order valence-electron chi connectivity index (χ1n) is 8.57. The topological polar surface area (TPSA) is 116 Å². The summed E-state index contributed by atoms with van der Waals surface area (Å²) in [6.07, 6.45) is 6.41. The van der Waals surface area contributed by atoms with Crippen LogP contribution in [0.15, 0.2) is 49.1 Å². The average Bonchev–Trinajstić information content (AvgIpc) is 3.39. The van der Waals surface area contributed by atoms with E-state index in [1.165, 1.54) is 4.80 Å². The summed E-state index contributed by atoms with van der Waals surface area (Å²) in [4.78, 5) is 22.5. The monoisotopic (exact) mass is 375 g/mol. The summed E-state index contributed by atoms with van der Waals surface area (Å²) in [6, 6.07) is 7.42. The standard InChI is InChI=1S/C18H17N9O/c1-12-3-6-17(13(2)23-12)26-11-16(24-25-26)18(28)20-9-14-4-5-15(10-19-14)27-21-7-8-22-27/h3-8,10-11H,9H2,1-2H3,(H,20,28). The maximum atomic E-state index is 12.4. The Hall–Kier alpha value is -3.95. The predicted octanol–water partition coefficient (Wildman–Crippen LogP) is 1.18. The quantitative estimate of drug-likeness (QED) is 0.557. The molecule has 0 aliphatic carbocycles. The maximum Gasteiger partial charge on any atom is 0.273 e. The number of nitrogens with one attached hydrogen (secondary N) is 1. The lowest BCUT2D eigenvalue weighted by Crippen LogP contribution is -2.23. The van der Waals surface area contributed by atoms with Gasteiger partial charge >= 0.3 is 0 Å². The van der Waals surface area contributed by atoms with Crippen LogP contribution in [0, 0.1) is 13.8 Å². The Labute approximate surface area is 160 Å². The fraction of sp³-hybridized carbons (Fsp3) is 0.167. The van der Waals surface area contributed by atoms with Gasteiger partial charge in [-0.3, -0.25) is 14.8 Å². The van der Waals surface area contributed by atoms with Crippen molar-refractivity contribution in [2.45, 2.75) is 20.4 Å². The Morgan fingerprint density at radius 1 is 1.11 bits per heavy atom. The van der Waals surface area contributed by atoms with Gasteiger partial charge < -0.3 is 5.32 Å². The summed E-state index contributed by atoms with van der Waals surface area (Å²) in [7, 11) is 0. The molecule has 0 aliphatic heterocycles. The number of aryl methyl sites for hydroxylation is 2. The summed E-state index contributed by atoms with van der Waals surface area (Å²) in [6.45, 7) is 4.07. The largest absolute Gasteiger partial charge is 0.345 e. The van der Waals surface area contributed by atoms with E-state index >= 15 is 0 Å². The summed E-state index contributed by atoms with van der Waals surface area (Å²) in [5.74, 6) is -0.330. The number of carbonyl (C=O) groups excluding carboxylic acids is 1. The van der Waals surface area contributed by atoms with E-state index in [0.717, 1.165) is 22.8 Å². The molecule has 28 heavy (non-hydrogen) atoms. The zero-order valence-electron chi connectivity index (χ0n) is 15.3. The second kappa shape index (κ2) is 7.35. The van der Waals surface area contributed by atoms with Gasteiger partial charge in [-0.2, -0.15) is 15.0 Å². The van der Waals surface area contributed by atoms with Crippen molar-refractivity contribution in [1.82, 2.24) is 45.3 Å². The third-order valence-corrected chi connectivity index (χ3v) is 4.06. The van der Waals surface area contributed by atoms with Gasteiger partial charge in [-0.05, 0) is 38.1 Å². The van der Waals surface area contributed by atoms with Gasteiger partial charge in [0.05, 0.1) is 48.4 Å². The highest BCUT2D eigenvalue weighted by Gasteiger charge is 2.13. The SMILES string of the molecule is Cc1ccc(-n2cc(C(=O)NCc3ccc(-n4nccn4)cn3)nn2)c(C)n1. The maximum absolute atomic E-state index is 12.4. The molecule has 10 heteroatoms. The molecule has 0 atom stereocenters. The third-order valence-electron chi connectivity index (χ3n) is 4.06. The Bertz CT molecular complexity index is 1100. The van der Waals surface area contributed by atoms with Crippen LogP contribution in [-0.2, 0) is 6.54 Å². The van der Waals surface area contributed by atoms with Crippen LogP contribution >= 0.6 is 0 Å². The molecule has 4 aromatic rings. The van der Waals surface area contributed by atoms with E-state index in [0.29, 0.717) is 5.69 Å². The zero-order chi connectivity index (χ0) is 19.5. The van der Waals surface area contributed by atoms with E-state index < -0.39 is 0 Å². The number of aromatic nitrogens is 8. The van der Waals surface area contributed by atoms with Gasteiger partial charge in [0, 0.05) is 5.69 Å². The van der Waals surface area contributed by atoms with Gasteiger partial charge in [-0.25, -0.2) is 4.68 Å². The van der Waals surface area contributed by atoms with Crippen molar-refractivity contribution < 1.29 is 4.79 Å². The number of carbonyl (C=O) groups is 1. The molecule has 0 saturated heterocycles. The number of hydrogen-bond donors (Lipinski definition) is 1. The predicted molar refractivity (Wildman–Crippen MR) is 99.0 cm³/mol. The molecule has 4 rings (SSSR count). The molecule has 0 unspecified atom stereocenters. The van der Waals surface area contributed by atoms with Crippen molar-refractivity contribution >= 4 is 5.91 Å². The summed E-state index contributed by atoms with van der Waals surface area (Å²) in [5, 5.41) is 18.8. The van der Waals surface area contributed by atoms with Crippen LogP contribution in [0.5, 0.6) is 0 Å². The molecule has 1 N–H and O–H groups in total.